The van der Waals surface area contributed by atoms with Crippen LogP contribution in [0.3, 0.4) is 0 Å². The fraction of sp³-hybridized carbons (Fsp3) is 0.536. The molecule has 1 aromatic carbocycles. The molecule has 0 radical (unpaired) electrons. The molecule has 2 aromatic rings. The van der Waals surface area contributed by atoms with Gasteiger partial charge in [-0.3, -0.25) is 14.4 Å². The standard InChI is InChI=1S/C28H40N2O7S/c1-6-37-28(33)11-10-26(31)29(14-7-16-34-3)20-27(32)30(19-25-21(2)13-17-38-25)15-12-22-8-9-23(35-4)24(18-22)36-5/h8-9,13,17-18H,6-7,10-12,14-16,19-20H2,1-5H3. The monoisotopic (exact) mass is 548 g/mol. The van der Waals surface area contributed by atoms with Crippen LogP contribution >= 0.6 is 11.3 Å². The Morgan fingerprint density at radius 1 is 0.921 bits per heavy atom. The van der Waals surface area contributed by atoms with Gasteiger partial charge < -0.3 is 28.7 Å². The van der Waals surface area contributed by atoms with Crippen molar-refractivity contribution in [1.82, 2.24) is 9.80 Å². The highest BCUT2D eigenvalue weighted by Crippen LogP contribution is 2.28. The van der Waals surface area contributed by atoms with Gasteiger partial charge in [0.15, 0.2) is 11.5 Å². The van der Waals surface area contributed by atoms with Crippen molar-refractivity contribution in [3.05, 3.63) is 45.6 Å². The largest absolute Gasteiger partial charge is 0.493 e. The predicted molar refractivity (Wildman–Crippen MR) is 147 cm³/mol. The minimum Gasteiger partial charge on any atom is -0.493 e. The highest BCUT2D eigenvalue weighted by atomic mass is 32.1. The van der Waals surface area contributed by atoms with Crippen molar-refractivity contribution < 1.29 is 33.3 Å². The third-order valence-corrected chi connectivity index (χ3v) is 7.09. The van der Waals surface area contributed by atoms with E-state index in [1.807, 2.05) is 36.6 Å². The number of benzene rings is 1. The summed E-state index contributed by atoms with van der Waals surface area (Å²) in [5.74, 6) is 0.448. The molecule has 210 valence electrons. The van der Waals surface area contributed by atoms with E-state index in [4.69, 9.17) is 18.9 Å². The molecule has 0 aliphatic carbocycles. The number of thiophene rings is 1. The minimum absolute atomic E-state index is 0.00519. The maximum atomic E-state index is 13.6. The zero-order valence-electron chi connectivity index (χ0n) is 23.1. The van der Waals surface area contributed by atoms with Gasteiger partial charge in [-0.15, -0.1) is 11.3 Å². The fourth-order valence-electron chi connectivity index (χ4n) is 3.89. The number of aryl methyl sites for hydroxylation is 1. The summed E-state index contributed by atoms with van der Waals surface area (Å²) in [5.41, 5.74) is 2.13. The summed E-state index contributed by atoms with van der Waals surface area (Å²) in [6, 6.07) is 7.75. The lowest BCUT2D eigenvalue weighted by atomic mass is 10.1. The molecule has 0 bridgehead atoms. The Hall–Kier alpha value is -3.11. The number of carbonyl (C=O) groups is 3. The van der Waals surface area contributed by atoms with Gasteiger partial charge in [-0.05, 0) is 61.4 Å². The van der Waals surface area contributed by atoms with Crippen LogP contribution in [0.5, 0.6) is 11.5 Å². The molecule has 0 aliphatic heterocycles. The average Bonchev–Trinajstić information content (AvgIpc) is 3.32. The number of ether oxygens (including phenoxy) is 4. The highest BCUT2D eigenvalue weighted by Gasteiger charge is 2.23. The van der Waals surface area contributed by atoms with Gasteiger partial charge in [0.05, 0.1) is 40.3 Å². The molecule has 0 unspecified atom stereocenters. The van der Waals surface area contributed by atoms with Crippen LogP contribution in [0, 0.1) is 6.92 Å². The number of esters is 1. The number of hydrogen-bond acceptors (Lipinski definition) is 8. The van der Waals surface area contributed by atoms with Gasteiger partial charge in [-0.2, -0.15) is 0 Å². The molecule has 1 heterocycles. The van der Waals surface area contributed by atoms with Gasteiger partial charge in [-0.25, -0.2) is 0 Å². The summed E-state index contributed by atoms with van der Waals surface area (Å²) < 4.78 is 20.8. The van der Waals surface area contributed by atoms with E-state index in [0.717, 1.165) is 16.0 Å². The van der Waals surface area contributed by atoms with Crippen LogP contribution in [0.2, 0.25) is 0 Å². The first-order valence-electron chi connectivity index (χ1n) is 12.8. The zero-order chi connectivity index (χ0) is 27.9. The number of hydrogen-bond donors (Lipinski definition) is 0. The number of rotatable bonds is 17. The van der Waals surface area contributed by atoms with Crippen molar-refractivity contribution in [1.29, 1.82) is 0 Å². The molecule has 0 saturated heterocycles. The summed E-state index contributed by atoms with van der Waals surface area (Å²) in [5, 5.41) is 2.01. The van der Waals surface area contributed by atoms with Crippen molar-refractivity contribution in [3.8, 4) is 11.5 Å². The predicted octanol–water partition coefficient (Wildman–Crippen LogP) is 3.85. The summed E-state index contributed by atoms with van der Waals surface area (Å²) in [7, 11) is 4.78. The third-order valence-electron chi connectivity index (χ3n) is 6.08. The Kier molecular flexibility index (Phi) is 13.7. The van der Waals surface area contributed by atoms with E-state index in [1.54, 1.807) is 44.5 Å². The van der Waals surface area contributed by atoms with E-state index in [-0.39, 0.29) is 37.8 Å². The van der Waals surface area contributed by atoms with Crippen LogP contribution in [0.15, 0.2) is 29.6 Å². The Labute approximate surface area is 229 Å². The summed E-state index contributed by atoms with van der Waals surface area (Å²) in [6.45, 7) is 5.70. The number of nitrogens with zero attached hydrogens (tertiary/aromatic N) is 2. The van der Waals surface area contributed by atoms with Gasteiger partial charge in [0.25, 0.3) is 0 Å². The van der Waals surface area contributed by atoms with Gasteiger partial charge in [0, 0.05) is 38.1 Å². The van der Waals surface area contributed by atoms with Crippen LogP contribution in [0.25, 0.3) is 0 Å². The molecule has 0 fully saturated rings. The quantitative estimate of drug-likeness (QED) is 0.219. The first-order valence-corrected chi connectivity index (χ1v) is 13.6. The third kappa shape index (κ3) is 9.98. The van der Waals surface area contributed by atoms with E-state index in [2.05, 4.69) is 0 Å². The summed E-state index contributed by atoms with van der Waals surface area (Å²) >= 11 is 1.61. The van der Waals surface area contributed by atoms with E-state index < -0.39 is 5.97 Å². The molecule has 0 N–H and O–H groups in total. The van der Waals surface area contributed by atoms with Gasteiger partial charge >= 0.3 is 5.97 Å². The molecule has 2 rings (SSSR count). The summed E-state index contributed by atoms with van der Waals surface area (Å²) in [4.78, 5) is 42.7. The first-order chi connectivity index (χ1) is 18.3. The molecule has 2 amide bonds. The lowest BCUT2D eigenvalue weighted by Gasteiger charge is -2.28. The molecule has 0 atom stereocenters. The van der Waals surface area contributed by atoms with E-state index in [0.29, 0.717) is 50.6 Å². The SMILES string of the molecule is CCOC(=O)CCC(=O)N(CCCOC)CC(=O)N(CCc1ccc(OC)c(OC)c1)Cc1sccc1C. The maximum Gasteiger partial charge on any atom is 0.306 e. The lowest BCUT2D eigenvalue weighted by molar-refractivity contribution is -0.146. The van der Waals surface area contributed by atoms with E-state index >= 15 is 0 Å². The first kappa shape index (κ1) is 31.1. The second-order valence-corrected chi connectivity index (χ2v) is 9.75. The number of methoxy groups -OCH3 is 3. The maximum absolute atomic E-state index is 13.6. The molecule has 0 spiro atoms. The second-order valence-electron chi connectivity index (χ2n) is 8.75. The molecular formula is C28H40N2O7S. The molecule has 9 nitrogen and oxygen atoms in total. The molecule has 10 heteroatoms. The highest BCUT2D eigenvalue weighted by molar-refractivity contribution is 7.10. The smallest absolute Gasteiger partial charge is 0.306 e. The van der Waals surface area contributed by atoms with Gasteiger partial charge in [0.1, 0.15) is 0 Å². The number of carbonyl (C=O) groups excluding carboxylic acids is 3. The van der Waals surface area contributed by atoms with Crippen LogP contribution in [-0.2, 0) is 36.8 Å². The zero-order valence-corrected chi connectivity index (χ0v) is 23.9. The van der Waals surface area contributed by atoms with E-state index in [9.17, 15) is 14.4 Å². The lowest BCUT2D eigenvalue weighted by Crippen LogP contribution is -2.44. The van der Waals surface area contributed by atoms with Crippen molar-refractivity contribution >= 4 is 29.1 Å². The van der Waals surface area contributed by atoms with Crippen molar-refractivity contribution in [2.45, 2.75) is 46.1 Å². The van der Waals surface area contributed by atoms with E-state index in [1.165, 1.54) is 4.90 Å². The van der Waals surface area contributed by atoms with Crippen molar-refractivity contribution in [2.75, 3.05) is 54.2 Å². The molecular weight excluding hydrogens is 508 g/mol. The molecule has 0 aliphatic rings. The van der Waals surface area contributed by atoms with Gasteiger partial charge in [0.2, 0.25) is 11.8 Å². The summed E-state index contributed by atoms with van der Waals surface area (Å²) in [6.07, 6.45) is 1.18. The van der Waals surface area contributed by atoms with Crippen LogP contribution in [0.1, 0.15) is 42.2 Å². The fourth-order valence-corrected chi connectivity index (χ4v) is 4.81. The van der Waals surface area contributed by atoms with Gasteiger partial charge in [-0.1, -0.05) is 6.07 Å². The Balaban J connectivity index is 2.17. The molecule has 0 saturated carbocycles. The Morgan fingerprint density at radius 3 is 2.32 bits per heavy atom. The topological polar surface area (TPSA) is 94.6 Å². The minimum atomic E-state index is -0.422. The van der Waals surface area contributed by atoms with Crippen molar-refractivity contribution in [2.24, 2.45) is 0 Å². The van der Waals surface area contributed by atoms with Crippen molar-refractivity contribution in [3.63, 3.8) is 0 Å². The second kappa shape index (κ2) is 16.7. The molecule has 1 aromatic heterocycles. The molecule has 38 heavy (non-hydrogen) atoms. The Bertz CT molecular complexity index is 1040. The Morgan fingerprint density at radius 2 is 1.68 bits per heavy atom. The van der Waals surface area contributed by atoms with Crippen LogP contribution in [-0.4, -0.2) is 81.8 Å². The normalized spacial score (nSPS) is 10.7. The average molecular weight is 549 g/mol. The van der Waals surface area contributed by atoms with Crippen LogP contribution in [0.4, 0.5) is 0 Å². The number of amides is 2. The van der Waals surface area contributed by atoms with Crippen LogP contribution < -0.4 is 9.47 Å².